The van der Waals surface area contributed by atoms with Crippen LogP contribution in [0, 0.1) is 13.8 Å². The average molecular weight is 438 g/mol. The summed E-state index contributed by atoms with van der Waals surface area (Å²) < 4.78 is 9.98. The minimum atomic E-state index is -0.565. The number of aromatic nitrogens is 2. The van der Waals surface area contributed by atoms with Crippen LogP contribution in [0.3, 0.4) is 0 Å². The van der Waals surface area contributed by atoms with Crippen LogP contribution in [-0.4, -0.2) is 22.4 Å². The summed E-state index contributed by atoms with van der Waals surface area (Å²) in [6.07, 6.45) is 1.44. The van der Waals surface area contributed by atoms with E-state index >= 15 is 0 Å². The zero-order chi connectivity index (χ0) is 16.4. The molecule has 0 bridgehead atoms. The highest BCUT2D eigenvalue weighted by Crippen LogP contribution is 2.22. The Labute approximate surface area is 159 Å². The van der Waals surface area contributed by atoms with Crippen molar-refractivity contribution in [2.24, 2.45) is 7.05 Å². The molecule has 3 rings (SSSR count). The summed E-state index contributed by atoms with van der Waals surface area (Å²) in [7, 11) is 2.01. The monoisotopic (exact) mass is 438 g/mol. The Morgan fingerprint density at radius 1 is 1.08 bits per heavy atom. The number of hydrogen-bond donors (Lipinski definition) is 1. The number of benzene rings is 2. The number of para-hydroxylation sites is 3. The number of aliphatic hydroxyl groups excluding tert-OH is 1. The number of aliphatic hydroxyl groups is 1. The number of fused-ring (bicyclic) bond motifs is 1. The van der Waals surface area contributed by atoms with Crippen molar-refractivity contribution in [3.63, 3.8) is 0 Å². The van der Waals surface area contributed by atoms with Gasteiger partial charge in [0, 0.05) is 0 Å². The van der Waals surface area contributed by atoms with Gasteiger partial charge in [0.1, 0.15) is 25.0 Å². The molecule has 0 saturated heterocycles. The first-order valence-electron chi connectivity index (χ1n) is 7.87. The van der Waals surface area contributed by atoms with Crippen LogP contribution in [0.1, 0.15) is 11.1 Å². The molecular weight excluding hydrogens is 415 g/mol. The third-order valence-corrected chi connectivity index (χ3v) is 4.12. The van der Waals surface area contributed by atoms with E-state index in [9.17, 15) is 5.11 Å². The van der Waals surface area contributed by atoms with Crippen molar-refractivity contribution in [3.8, 4) is 5.75 Å². The molecule has 1 atom stereocenters. The lowest BCUT2D eigenvalue weighted by Gasteiger charge is -2.14. The van der Waals surface area contributed by atoms with Gasteiger partial charge in [0.05, 0.1) is 7.05 Å². The SMILES string of the molecule is Cc1cccc(C)c1OCC(O)Cn1c[n+](C)c2ccccc21.[I-]. The Morgan fingerprint density at radius 3 is 2.46 bits per heavy atom. The normalized spacial score (nSPS) is 12.0. The quantitative estimate of drug-likeness (QED) is 0.432. The molecule has 0 spiro atoms. The van der Waals surface area contributed by atoms with E-state index in [-0.39, 0.29) is 30.6 Å². The summed E-state index contributed by atoms with van der Waals surface area (Å²) in [5.74, 6) is 0.870. The molecule has 128 valence electrons. The van der Waals surface area contributed by atoms with E-state index in [4.69, 9.17) is 4.74 Å². The lowest BCUT2D eigenvalue weighted by molar-refractivity contribution is -0.645. The molecule has 0 radical (unpaired) electrons. The van der Waals surface area contributed by atoms with Crippen LogP contribution in [0.25, 0.3) is 11.0 Å². The van der Waals surface area contributed by atoms with E-state index in [2.05, 4.69) is 21.3 Å². The van der Waals surface area contributed by atoms with Gasteiger partial charge < -0.3 is 33.8 Å². The van der Waals surface area contributed by atoms with E-state index in [0.29, 0.717) is 6.54 Å². The van der Waals surface area contributed by atoms with E-state index in [1.165, 1.54) is 0 Å². The Kier molecular flexibility index (Phi) is 6.23. The van der Waals surface area contributed by atoms with Gasteiger partial charge in [0.15, 0.2) is 11.0 Å². The number of aryl methyl sites for hydroxylation is 3. The number of halogens is 1. The topological polar surface area (TPSA) is 38.3 Å². The first-order valence-corrected chi connectivity index (χ1v) is 7.87. The first kappa shape index (κ1) is 18.7. The second-order valence-electron chi connectivity index (χ2n) is 6.05. The Hall–Kier alpha value is -1.60. The smallest absolute Gasteiger partial charge is 0.244 e. The van der Waals surface area contributed by atoms with E-state index in [0.717, 1.165) is 27.9 Å². The van der Waals surface area contributed by atoms with Gasteiger partial charge in [-0.2, -0.15) is 0 Å². The Balaban J connectivity index is 0.00000208. The molecule has 3 aromatic rings. The standard InChI is InChI=1S/C19H23N2O2.HI/c1-14-7-6-8-15(2)19(14)23-12-16(22)11-21-13-20(3)17-9-4-5-10-18(17)21;/h4-10,13,16,22H,11-12H2,1-3H3;1H/q+1;/p-1. The van der Waals surface area contributed by atoms with Crippen LogP contribution in [0.15, 0.2) is 48.8 Å². The number of ether oxygens (including phenoxy) is 1. The minimum absolute atomic E-state index is 0. The molecule has 4 nitrogen and oxygen atoms in total. The fraction of sp³-hybridized carbons (Fsp3) is 0.316. The van der Waals surface area contributed by atoms with Crippen molar-refractivity contribution in [2.45, 2.75) is 26.5 Å². The molecule has 0 amide bonds. The Bertz CT molecular complexity index is 809. The molecular formula is C19H23IN2O2. The van der Waals surface area contributed by atoms with Gasteiger partial charge in [-0.3, -0.25) is 0 Å². The van der Waals surface area contributed by atoms with Gasteiger partial charge in [-0.25, -0.2) is 9.13 Å². The largest absolute Gasteiger partial charge is 1.00 e. The zero-order valence-electron chi connectivity index (χ0n) is 14.2. The van der Waals surface area contributed by atoms with Crippen molar-refractivity contribution in [1.29, 1.82) is 0 Å². The molecule has 1 N–H and O–H groups in total. The maximum Gasteiger partial charge on any atom is 0.244 e. The summed E-state index contributed by atoms with van der Waals surface area (Å²) >= 11 is 0. The number of nitrogens with zero attached hydrogens (tertiary/aromatic N) is 2. The fourth-order valence-electron chi connectivity index (χ4n) is 2.97. The van der Waals surface area contributed by atoms with Crippen molar-refractivity contribution in [1.82, 2.24) is 4.57 Å². The molecule has 1 heterocycles. The van der Waals surface area contributed by atoms with Gasteiger partial charge in [-0.1, -0.05) is 30.3 Å². The third-order valence-electron chi connectivity index (χ3n) is 4.12. The highest BCUT2D eigenvalue weighted by molar-refractivity contribution is 5.71. The van der Waals surface area contributed by atoms with Gasteiger partial charge in [0.25, 0.3) is 0 Å². The number of rotatable bonds is 5. The molecule has 1 aromatic heterocycles. The molecule has 0 aliphatic rings. The van der Waals surface area contributed by atoms with Gasteiger partial charge in [-0.15, -0.1) is 0 Å². The van der Waals surface area contributed by atoms with Crippen LogP contribution in [-0.2, 0) is 13.6 Å². The average Bonchev–Trinajstić information content (AvgIpc) is 2.83. The van der Waals surface area contributed by atoms with Gasteiger partial charge >= 0.3 is 0 Å². The van der Waals surface area contributed by atoms with E-state index in [1.54, 1.807) is 0 Å². The highest BCUT2D eigenvalue weighted by atomic mass is 127. The van der Waals surface area contributed by atoms with E-state index < -0.39 is 6.10 Å². The molecule has 1 unspecified atom stereocenters. The zero-order valence-corrected chi connectivity index (χ0v) is 16.4. The first-order chi connectivity index (χ1) is 11.1. The van der Waals surface area contributed by atoms with E-state index in [1.807, 2.05) is 57.6 Å². The van der Waals surface area contributed by atoms with Crippen molar-refractivity contribution >= 4 is 11.0 Å². The fourth-order valence-corrected chi connectivity index (χ4v) is 2.97. The molecule has 5 heteroatoms. The predicted molar refractivity (Wildman–Crippen MR) is 90.5 cm³/mol. The van der Waals surface area contributed by atoms with Crippen molar-refractivity contribution in [3.05, 3.63) is 59.9 Å². The third kappa shape index (κ3) is 3.89. The van der Waals surface area contributed by atoms with Crippen LogP contribution < -0.4 is 33.3 Å². The lowest BCUT2D eigenvalue weighted by Crippen LogP contribution is -3.00. The van der Waals surface area contributed by atoms with Crippen molar-refractivity contribution < 1.29 is 38.4 Å². The molecule has 0 aliphatic carbocycles. The maximum absolute atomic E-state index is 10.4. The predicted octanol–water partition coefficient (Wildman–Crippen LogP) is -0.473. The number of imidazole rings is 1. The summed E-state index contributed by atoms with van der Waals surface area (Å²) in [5, 5.41) is 10.4. The van der Waals surface area contributed by atoms with Gasteiger partial charge in [-0.05, 0) is 37.1 Å². The molecule has 0 fully saturated rings. The summed E-state index contributed by atoms with van der Waals surface area (Å²) in [6.45, 7) is 4.83. The van der Waals surface area contributed by atoms with Crippen molar-refractivity contribution in [2.75, 3.05) is 6.61 Å². The molecule has 2 aromatic carbocycles. The van der Waals surface area contributed by atoms with Crippen LogP contribution in [0.4, 0.5) is 0 Å². The Morgan fingerprint density at radius 2 is 1.75 bits per heavy atom. The maximum atomic E-state index is 10.4. The second kappa shape index (κ2) is 7.98. The van der Waals surface area contributed by atoms with Crippen LogP contribution in [0.5, 0.6) is 5.75 Å². The number of hydrogen-bond acceptors (Lipinski definition) is 2. The van der Waals surface area contributed by atoms with Crippen LogP contribution >= 0.6 is 0 Å². The molecule has 0 aliphatic heterocycles. The van der Waals surface area contributed by atoms with Gasteiger partial charge in [0.2, 0.25) is 6.33 Å². The second-order valence-corrected chi connectivity index (χ2v) is 6.05. The summed E-state index contributed by atoms with van der Waals surface area (Å²) in [4.78, 5) is 0. The van der Waals surface area contributed by atoms with Crippen LogP contribution in [0.2, 0.25) is 0 Å². The lowest BCUT2D eigenvalue weighted by atomic mass is 10.1. The highest BCUT2D eigenvalue weighted by Gasteiger charge is 2.17. The summed E-state index contributed by atoms with van der Waals surface area (Å²) in [6, 6.07) is 14.2. The minimum Gasteiger partial charge on any atom is -1.00 e. The molecule has 0 saturated carbocycles. The summed E-state index contributed by atoms with van der Waals surface area (Å²) in [5.41, 5.74) is 4.45. The molecule has 24 heavy (non-hydrogen) atoms.